The normalized spacial score (nSPS) is 22.0. The summed E-state index contributed by atoms with van der Waals surface area (Å²) >= 11 is 0. The Labute approximate surface area is 266 Å². The Balaban J connectivity index is 1.04. The number of anilines is 1. The number of nitrogens with zero attached hydrogens (tertiary/aromatic N) is 4. The molecule has 0 spiro atoms. The fourth-order valence-corrected chi connectivity index (χ4v) is 6.77. The number of aliphatic hydroxyl groups is 1. The van der Waals surface area contributed by atoms with Crippen LogP contribution in [0.3, 0.4) is 0 Å². The SMILES string of the molecule is C=C1C[C@H]2C=Nc3cc(OCCCCCOc4cc5c(cc4OC)C(=C)N4CC(=C)C[C@H]4[C@H](O)N5C)c(OC)cc3C(=C)N2C1. The van der Waals surface area contributed by atoms with Crippen molar-refractivity contribution in [1.82, 2.24) is 9.80 Å². The summed E-state index contributed by atoms with van der Waals surface area (Å²) < 4.78 is 23.7. The maximum Gasteiger partial charge on any atom is 0.163 e. The zero-order valence-corrected chi connectivity index (χ0v) is 26.7. The van der Waals surface area contributed by atoms with Gasteiger partial charge in [0.15, 0.2) is 23.0 Å². The van der Waals surface area contributed by atoms with Gasteiger partial charge in [-0.3, -0.25) is 4.99 Å². The minimum absolute atomic E-state index is 0.0866. The van der Waals surface area contributed by atoms with E-state index in [1.54, 1.807) is 14.2 Å². The second kappa shape index (κ2) is 12.6. The molecular weight excluding hydrogens is 568 g/mol. The van der Waals surface area contributed by atoms with Gasteiger partial charge in [-0.1, -0.05) is 37.5 Å². The number of rotatable bonds is 10. The van der Waals surface area contributed by atoms with Crippen LogP contribution in [0, 0.1) is 0 Å². The number of hydrogen-bond acceptors (Lipinski definition) is 9. The maximum atomic E-state index is 11.2. The molecule has 1 N–H and O–H groups in total. The van der Waals surface area contributed by atoms with Gasteiger partial charge in [0, 0.05) is 61.0 Å². The lowest BCUT2D eigenvalue weighted by molar-refractivity contribution is 0.102. The summed E-state index contributed by atoms with van der Waals surface area (Å²) in [6, 6.07) is 7.93. The fourth-order valence-electron chi connectivity index (χ4n) is 6.77. The van der Waals surface area contributed by atoms with Crippen LogP contribution >= 0.6 is 0 Å². The molecule has 2 aromatic carbocycles. The molecule has 0 bridgehead atoms. The van der Waals surface area contributed by atoms with Crippen molar-refractivity contribution >= 4 is 29.0 Å². The third-order valence-corrected chi connectivity index (χ3v) is 9.27. The Morgan fingerprint density at radius 3 is 2.07 bits per heavy atom. The molecule has 9 heteroatoms. The van der Waals surface area contributed by atoms with E-state index in [9.17, 15) is 5.11 Å². The number of unbranched alkanes of at least 4 members (excludes halogenated alkanes) is 2. The molecule has 6 rings (SSSR count). The standard InChI is InChI=1S/C36H44N4O5/c1-22-13-26-19-37-29-17-34(32(42-6)15-27(29)24(3)39(26)20-22)44-11-9-8-10-12-45-35-18-30-28(16-33(35)43-7)25(4)40-21-23(2)14-31(40)36(41)38(30)5/h15-19,26,31,36,41H,1-4,8-14,20-21H2,5-7H3/t26-,31-,36-/m0/s1. The summed E-state index contributed by atoms with van der Waals surface area (Å²) in [6.45, 7) is 19.6. The predicted molar refractivity (Wildman–Crippen MR) is 180 cm³/mol. The highest BCUT2D eigenvalue weighted by atomic mass is 16.5. The number of likely N-dealkylation sites (N-methyl/N-ethyl adjacent to an activating group) is 1. The first kappa shape index (κ1) is 30.6. The number of aliphatic hydroxyl groups excluding tert-OH is 1. The van der Waals surface area contributed by atoms with Gasteiger partial charge in [0.1, 0.15) is 6.23 Å². The molecule has 2 saturated heterocycles. The highest BCUT2D eigenvalue weighted by Gasteiger charge is 2.40. The highest BCUT2D eigenvalue weighted by Crippen LogP contribution is 2.45. The van der Waals surface area contributed by atoms with Crippen molar-refractivity contribution in [1.29, 1.82) is 0 Å². The summed E-state index contributed by atoms with van der Waals surface area (Å²) in [5.74, 6) is 2.63. The molecule has 238 valence electrons. The van der Waals surface area contributed by atoms with Crippen LogP contribution in [0.15, 0.2) is 66.7 Å². The van der Waals surface area contributed by atoms with Gasteiger partial charge in [-0.15, -0.1) is 0 Å². The van der Waals surface area contributed by atoms with E-state index in [1.807, 2.05) is 42.4 Å². The molecule has 0 radical (unpaired) electrons. The van der Waals surface area contributed by atoms with Gasteiger partial charge in [-0.25, -0.2) is 0 Å². The number of methoxy groups -OCH3 is 2. The van der Waals surface area contributed by atoms with Crippen molar-refractivity contribution in [2.75, 3.05) is 52.5 Å². The van der Waals surface area contributed by atoms with Crippen LogP contribution in [0.25, 0.3) is 11.4 Å². The molecule has 9 nitrogen and oxygen atoms in total. The molecule has 0 saturated carbocycles. The number of benzene rings is 2. The van der Waals surface area contributed by atoms with Crippen molar-refractivity contribution in [3.05, 3.63) is 72.9 Å². The Morgan fingerprint density at radius 2 is 1.38 bits per heavy atom. The number of aliphatic imine (C=N–C) groups is 1. The molecule has 3 atom stereocenters. The molecular formula is C36H44N4O5. The second-order valence-electron chi connectivity index (χ2n) is 12.3. The van der Waals surface area contributed by atoms with Crippen LogP contribution in [0.1, 0.15) is 43.2 Å². The summed E-state index contributed by atoms with van der Waals surface area (Å²) in [4.78, 5) is 11.1. The van der Waals surface area contributed by atoms with Crippen LogP contribution in [-0.2, 0) is 0 Å². The lowest BCUT2D eigenvalue weighted by Gasteiger charge is -2.31. The van der Waals surface area contributed by atoms with E-state index < -0.39 is 6.23 Å². The van der Waals surface area contributed by atoms with E-state index in [4.69, 9.17) is 23.9 Å². The molecule has 0 unspecified atom stereocenters. The monoisotopic (exact) mass is 612 g/mol. The van der Waals surface area contributed by atoms with E-state index in [2.05, 4.69) is 36.1 Å². The lowest BCUT2D eigenvalue weighted by Crippen LogP contribution is -2.45. The van der Waals surface area contributed by atoms with Gasteiger partial charge in [0.2, 0.25) is 0 Å². The Morgan fingerprint density at radius 1 is 0.778 bits per heavy atom. The van der Waals surface area contributed by atoms with Gasteiger partial charge in [0.25, 0.3) is 0 Å². The van der Waals surface area contributed by atoms with E-state index in [1.165, 1.54) is 5.57 Å². The van der Waals surface area contributed by atoms with E-state index in [-0.39, 0.29) is 12.1 Å². The Hall–Kier alpha value is -4.37. The van der Waals surface area contributed by atoms with Gasteiger partial charge in [0.05, 0.1) is 50.9 Å². The molecule has 4 heterocycles. The number of hydrogen-bond donors (Lipinski definition) is 1. The zero-order valence-electron chi connectivity index (χ0n) is 26.7. The molecule has 0 amide bonds. The summed E-state index contributed by atoms with van der Waals surface area (Å²) in [6.07, 6.45) is 5.56. The molecule has 4 aliphatic heterocycles. The minimum atomic E-state index is -0.690. The largest absolute Gasteiger partial charge is 0.493 e. The molecule has 45 heavy (non-hydrogen) atoms. The van der Waals surface area contributed by atoms with Crippen LogP contribution < -0.4 is 23.8 Å². The highest BCUT2D eigenvalue weighted by molar-refractivity contribution is 5.85. The van der Waals surface area contributed by atoms with E-state index >= 15 is 0 Å². The summed E-state index contributed by atoms with van der Waals surface area (Å²) in [5, 5.41) is 11.2. The summed E-state index contributed by atoms with van der Waals surface area (Å²) in [7, 11) is 5.20. The maximum absolute atomic E-state index is 11.2. The quantitative estimate of drug-likeness (QED) is 0.258. The second-order valence-corrected chi connectivity index (χ2v) is 12.3. The summed E-state index contributed by atoms with van der Waals surface area (Å²) in [5.41, 5.74) is 7.66. The molecule has 2 aromatic rings. The van der Waals surface area contributed by atoms with Gasteiger partial charge in [-0.05, 0) is 44.2 Å². The Kier molecular flexibility index (Phi) is 8.55. The predicted octanol–water partition coefficient (Wildman–Crippen LogP) is 6.02. The smallest absolute Gasteiger partial charge is 0.163 e. The minimum Gasteiger partial charge on any atom is -0.493 e. The van der Waals surface area contributed by atoms with Crippen molar-refractivity contribution in [3.63, 3.8) is 0 Å². The number of ether oxygens (including phenoxy) is 4. The van der Waals surface area contributed by atoms with E-state index in [0.717, 1.165) is 78.1 Å². The van der Waals surface area contributed by atoms with Crippen molar-refractivity contribution in [2.24, 2.45) is 4.99 Å². The van der Waals surface area contributed by atoms with Crippen LogP contribution in [0.4, 0.5) is 11.4 Å². The topological polar surface area (TPSA) is 79.2 Å². The fraction of sp³-hybridized carbons (Fsp3) is 0.417. The van der Waals surface area contributed by atoms with Crippen molar-refractivity contribution < 1.29 is 24.1 Å². The molecule has 0 aromatic heterocycles. The third kappa shape index (κ3) is 5.77. The first-order valence-corrected chi connectivity index (χ1v) is 15.6. The third-order valence-electron chi connectivity index (χ3n) is 9.27. The van der Waals surface area contributed by atoms with Gasteiger partial charge < -0.3 is 38.8 Å². The first-order valence-electron chi connectivity index (χ1n) is 15.6. The zero-order chi connectivity index (χ0) is 31.8. The van der Waals surface area contributed by atoms with Crippen LogP contribution in [0.2, 0.25) is 0 Å². The molecule has 0 aliphatic carbocycles. The van der Waals surface area contributed by atoms with Gasteiger partial charge in [-0.2, -0.15) is 0 Å². The number of fused-ring (bicyclic) bond motifs is 4. The van der Waals surface area contributed by atoms with Crippen LogP contribution in [0.5, 0.6) is 23.0 Å². The molecule has 4 aliphatic rings. The average Bonchev–Trinajstić information content (AvgIpc) is 3.58. The van der Waals surface area contributed by atoms with Crippen LogP contribution in [-0.4, -0.2) is 87.0 Å². The van der Waals surface area contributed by atoms with Crippen molar-refractivity contribution in [2.45, 2.75) is 50.4 Å². The lowest BCUT2D eigenvalue weighted by atomic mass is 10.1. The Bertz CT molecular complexity index is 1560. The molecule has 2 fully saturated rings. The first-order chi connectivity index (χ1) is 21.7. The average molecular weight is 613 g/mol. The van der Waals surface area contributed by atoms with Crippen molar-refractivity contribution in [3.8, 4) is 23.0 Å². The van der Waals surface area contributed by atoms with E-state index in [0.29, 0.717) is 42.8 Å². The van der Waals surface area contributed by atoms with Gasteiger partial charge >= 0.3 is 0 Å².